The molecule has 3 aromatic carbocycles. The number of esters is 1. The molecule has 9 heteroatoms. The lowest BCUT2D eigenvalue weighted by molar-refractivity contribution is -0.136. The number of fused-ring (bicyclic) bond motifs is 2. The maximum Gasteiger partial charge on any atom is 0.336 e. The van der Waals surface area contributed by atoms with E-state index in [-0.39, 0.29) is 22.6 Å². The third-order valence-electron chi connectivity index (χ3n) is 6.65. The molecule has 0 unspecified atom stereocenters. The van der Waals surface area contributed by atoms with Crippen molar-refractivity contribution in [1.29, 1.82) is 0 Å². The number of carbonyl (C=O) groups is 1. The SMILES string of the molecule is CCc1cc2c(C)cc(=O)oc2cc1OC(=O)[C@@H](Cc1cc2ccccc2[nH]1)NS(=O)(=O)c1ccc(C)cc1. The highest BCUT2D eigenvalue weighted by atomic mass is 32.2. The van der Waals surface area contributed by atoms with E-state index in [9.17, 15) is 18.0 Å². The van der Waals surface area contributed by atoms with Crippen LogP contribution in [0.25, 0.3) is 21.9 Å². The van der Waals surface area contributed by atoms with Crippen LogP contribution in [0.15, 0.2) is 86.9 Å². The van der Waals surface area contributed by atoms with Gasteiger partial charge < -0.3 is 14.1 Å². The molecular formula is C30H28N2O6S. The Morgan fingerprint density at radius 3 is 2.49 bits per heavy atom. The normalized spacial score (nSPS) is 12.6. The smallest absolute Gasteiger partial charge is 0.336 e. The zero-order chi connectivity index (χ0) is 27.7. The van der Waals surface area contributed by atoms with Gasteiger partial charge in [0.05, 0.1) is 4.90 Å². The van der Waals surface area contributed by atoms with Gasteiger partial charge in [-0.25, -0.2) is 18.0 Å². The van der Waals surface area contributed by atoms with E-state index in [2.05, 4.69) is 9.71 Å². The van der Waals surface area contributed by atoms with Crippen LogP contribution in [0, 0.1) is 13.8 Å². The first-order valence-corrected chi connectivity index (χ1v) is 14.1. The molecule has 39 heavy (non-hydrogen) atoms. The second kappa shape index (κ2) is 10.5. The van der Waals surface area contributed by atoms with Crippen LogP contribution in [0.3, 0.4) is 0 Å². The van der Waals surface area contributed by atoms with Gasteiger partial charge in [-0.1, -0.05) is 42.8 Å². The number of ether oxygens (including phenoxy) is 1. The van der Waals surface area contributed by atoms with Crippen molar-refractivity contribution in [2.24, 2.45) is 0 Å². The van der Waals surface area contributed by atoms with Gasteiger partial charge in [-0.3, -0.25) is 0 Å². The number of sulfonamides is 1. The largest absolute Gasteiger partial charge is 0.425 e. The van der Waals surface area contributed by atoms with Crippen LogP contribution in [0.2, 0.25) is 0 Å². The van der Waals surface area contributed by atoms with Crippen LogP contribution >= 0.6 is 0 Å². The molecule has 0 amide bonds. The van der Waals surface area contributed by atoms with Gasteiger partial charge in [-0.15, -0.1) is 0 Å². The van der Waals surface area contributed by atoms with Crippen LogP contribution < -0.4 is 15.1 Å². The van der Waals surface area contributed by atoms with E-state index in [0.29, 0.717) is 12.1 Å². The van der Waals surface area contributed by atoms with Gasteiger partial charge in [0, 0.05) is 35.2 Å². The summed E-state index contributed by atoms with van der Waals surface area (Å²) >= 11 is 0. The number of carbonyl (C=O) groups excluding carboxylic acids is 1. The summed E-state index contributed by atoms with van der Waals surface area (Å²) in [6, 6.07) is 19.4. The molecule has 2 N–H and O–H groups in total. The maximum absolute atomic E-state index is 13.6. The van der Waals surface area contributed by atoms with E-state index in [4.69, 9.17) is 9.15 Å². The highest BCUT2D eigenvalue weighted by Crippen LogP contribution is 2.28. The Morgan fingerprint density at radius 1 is 1.03 bits per heavy atom. The zero-order valence-electron chi connectivity index (χ0n) is 21.8. The molecule has 5 rings (SSSR count). The van der Waals surface area contributed by atoms with Crippen LogP contribution in [-0.2, 0) is 27.7 Å². The number of aryl methyl sites for hydroxylation is 3. The van der Waals surface area contributed by atoms with Crippen molar-refractivity contribution >= 4 is 37.9 Å². The Hall–Kier alpha value is -4.21. The van der Waals surface area contributed by atoms with Gasteiger partial charge in [0.15, 0.2) is 0 Å². The third-order valence-corrected chi connectivity index (χ3v) is 8.13. The molecule has 0 radical (unpaired) electrons. The minimum atomic E-state index is -4.05. The number of H-pyrrole nitrogens is 1. The van der Waals surface area contributed by atoms with Crippen molar-refractivity contribution in [2.45, 2.75) is 44.6 Å². The fourth-order valence-corrected chi connectivity index (χ4v) is 5.74. The highest BCUT2D eigenvalue weighted by molar-refractivity contribution is 7.89. The van der Waals surface area contributed by atoms with Crippen molar-refractivity contribution in [2.75, 3.05) is 0 Å². The predicted octanol–water partition coefficient (Wildman–Crippen LogP) is 4.95. The zero-order valence-corrected chi connectivity index (χ0v) is 22.6. The van der Waals surface area contributed by atoms with Gasteiger partial charge >= 0.3 is 11.6 Å². The van der Waals surface area contributed by atoms with E-state index in [1.54, 1.807) is 19.1 Å². The molecule has 0 bridgehead atoms. The second-order valence-electron chi connectivity index (χ2n) is 9.55. The minimum Gasteiger partial charge on any atom is -0.425 e. The van der Waals surface area contributed by atoms with Crippen LogP contribution in [-0.4, -0.2) is 25.4 Å². The van der Waals surface area contributed by atoms with Crippen LogP contribution in [0.4, 0.5) is 0 Å². The quantitative estimate of drug-likeness (QED) is 0.162. The summed E-state index contributed by atoms with van der Waals surface area (Å²) in [6.45, 7) is 5.58. The molecule has 0 aliphatic heterocycles. The van der Waals surface area contributed by atoms with E-state index in [1.807, 2.05) is 50.2 Å². The molecule has 2 aromatic heterocycles. The van der Waals surface area contributed by atoms with E-state index >= 15 is 0 Å². The van der Waals surface area contributed by atoms with Gasteiger partial charge in [-0.2, -0.15) is 4.72 Å². The van der Waals surface area contributed by atoms with Crippen molar-refractivity contribution in [3.05, 3.63) is 106 Å². The lowest BCUT2D eigenvalue weighted by Gasteiger charge is -2.19. The molecule has 0 aliphatic rings. The summed E-state index contributed by atoms with van der Waals surface area (Å²) in [6.07, 6.45) is 0.570. The van der Waals surface area contributed by atoms with Gasteiger partial charge in [0.25, 0.3) is 0 Å². The second-order valence-corrected chi connectivity index (χ2v) is 11.3. The van der Waals surface area contributed by atoms with E-state index < -0.39 is 27.7 Å². The Bertz CT molecular complexity index is 1820. The third kappa shape index (κ3) is 5.64. The van der Waals surface area contributed by atoms with Gasteiger partial charge in [0.2, 0.25) is 10.0 Å². The fraction of sp³-hybridized carbons (Fsp3) is 0.200. The molecule has 0 aliphatic carbocycles. The summed E-state index contributed by atoms with van der Waals surface area (Å²) in [5.74, 6) is -0.576. The topological polar surface area (TPSA) is 118 Å². The number of nitrogens with one attached hydrogen (secondary N) is 2. The van der Waals surface area contributed by atoms with E-state index in [0.717, 1.165) is 33.0 Å². The summed E-state index contributed by atoms with van der Waals surface area (Å²) in [4.78, 5) is 28.8. The van der Waals surface area contributed by atoms with E-state index in [1.165, 1.54) is 24.3 Å². The Kier molecular flexibility index (Phi) is 7.12. The van der Waals surface area contributed by atoms with Gasteiger partial charge in [0.1, 0.15) is 17.4 Å². The summed E-state index contributed by atoms with van der Waals surface area (Å²) in [7, 11) is -4.05. The van der Waals surface area contributed by atoms with Crippen LogP contribution in [0.1, 0.15) is 29.3 Å². The molecule has 5 aromatic rings. The fourth-order valence-electron chi connectivity index (χ4n) is 4.55. The molecule has 2 heterocycles. The van der Waals surface area contributed by atoms with Crippen LogP contribution in [0.5, 0.6) is 5.75 Å². The Labute approximate surface area is 225 Å². The number of rotatable bonds is 8. The summed E-state index contributed by atoms with van der Waals surface area (Å²) in [5.41, 5.74) is 3.69. The first-order chi connectivity index (χ1) is 18.6. The monoisotopic (exact) mass is 544 g/mol. The standard InChI is InChI=1S/C30H28N2O6S/c1-4-20-15-24-19(3)13-29(33)37-28(24)17-27(20)38-30(34)26(16-22-14-21-7-5-6-8-25(21)31-22)32-39(35,36)23-11-9-18(2)10-12-23/h5-15,17,26,31-32H,4,16H2,1-3H3/t26-/m1/s1. The molecule has 1 atom stereocenters. The Balaban J connectivity index is 1.51. The molecule has 0 saturated heterocycles. The lowest BCUT2D eigenvalue weighted by Crippen LogP contribution is -2.44. The first-order valence-electron chi connectivity index (χ1n) is 12.6. The average molecular weight is 545 g/mol. The Morgan fingerprint density at radius 2 is 1.77 bits per heavy atom. The molecule has 0 spiro atoms. The number of hydrogen-bond acceptors (Lipinski definition) is 6. The molecule has 8 nitrogen and oxygen atoms in total. The average Bonchev–Trinajstić information content (AvgIpc) is 3.30. The molecule has 0 fully saturated rings. The number of para-hydroxylation sites is 1. The molecule has 0 saturated carbocycles. The van der Waals surface area contributed by atoms with Gasteiger partial charge in [-0.05, 0) is 67.1 Å². The first kappa shape index (κ1) is 26.4. The summed E-state index contributed by atoms with van der Waals surface area (Å²) < 4.78 is 40.2. The molecular weight excluding hydrogens is 516 g/mol. The minimum absolute atomic E-state index is 0.0296. The number of benzene rings is 3. The lowest BCUT2D eigenvalue weighted by atomic mass is 10.1. The van der Waals surface area contributed by atoms with Crippen molar-refractivity contribution in [1.82, 2.24) is 9.71 Å². The highest BCUT2D eigenvalue weighted by Gasteiger charge is 2.29. The van der Waals surface area contributed by atoms with Crippen molar-refractivity contribution in [3.63, 3.8) is 0 Å². The van der Waals surface area contributed by atoms with Crippen molar-refractivity contribution < 1.29 is 22.4 Å². The van der Waals surface area contributed by atoms with Crippen molar-refractivity contribution in [3.8, 4) is 5.75 Å². The number of aromatic nitrogens is 1. The molecule has 200 valence electrons. The maximum atomic E-state index is 13.6. The number of hydrogen-bond donors (Lipinski definition) is 2. The summed E-state index contributed by atoms with van der Waals surface area (Å²) in [5, 5.41) is 1.68. The predicted molar refractivity (Wildman–Crippen MR) is 150 cm³/mol. The number of aromatic amines is 1.